The van der Waals surface area contributed by atoms with E-state index in [-0.39, 0.29) is 10.6 Å². The molecular weight excluding hydrogens is 258 g/mol. The SMILES string of the molecule is CCCCCC=C(C#N)CS(=O)(=O)c1ccccc1. The van der Waals surface area contributed by atoms with Crippen LogP contribution in [-0.4, -0.2) is 14.2 Å². The summed E-state index contributed by atoms with van der Waals surface area (Å²) < 4.78 is 24.2. The third kappa shape index (κ3) is 5.27. The van der Waals surface area contributed by atoms with Crippen LogP contribution in [0.5, 0.6) is 0 Å². The molecule has 3 nitrogen and oxygen atoms in total. The Balaban J connectivity index is 2.74. The zero-order valence-electron chi connectivity index (χ0n) is 11.2. The summed E-state index contributed by atoms with van der Waals surface area (Å²) in [6, 6.07) is 10.2. The van der Waals surface area contributed by atoms with Gasteiger partial charge in [0.15, 0.2) is 9.84 Å². The Morgan fingerprint density at radius 2 is 1.95 bits per heavy atom. The molecule has 0 radical (unpaired) electrons. The van der Waals surface area contributed by atoms with Crippen LogP contribution in [0.2, 0.25) is 0 Å². The largest absolute Gasteiger partial charge is 0.223 e. The topological polar surface area (TPSA) is 57.9 Å². The fourth-order valence-electron chi connectivity index (χ4n) is 1.72. The number of hydrogen-bond acceptors (Lipinski definition) is 3. The molecule has 0 aromatic heterocycles. The highest BCUT2D eigenvalue weighted by Gasteiger charge is 2.15. The molecule has 0 atom stereocenters. The number of benzene rings is 1. The van der Waals surface area contributed by atoms with Crippen LogP contribution in [0.4, 0.5) is 0 Å². The maximum Gasteiger partial charge on any atom is 0.183 e. The number of unbranched alkanes of at least 4 members (excludes halogenated alkanes) is 3. The number of allylic oxidation sites excluding steroid dienone is 1. The van der Waals surface area contributed by atoms with Gasteiger partial charge in [0.2, 0.25) is 0 Å². The Kier molecular flexibility index (Phi) is 6.31. The average Bonchev–Trinajstić information content (AvgIpc) is 2.43. The molecule has 0 N–H and O–H groups in total. The highest BCUT2D eigenvalue weighted by molar-refractivity contribution is 7.91. The Morgan fingerprint density at radius 3 is 2.53 bits per heavy atom. The number of rotatable bonds is 7. The molecule has 1 rings (SSSR count). The first-order valence-corrected chi connectivity index (χ1v) is 8.12. The molecule has 4 heteroatoms. The van der Waals surface area contributed by atoms with Gasteiger partial charge in [0, 0.05) is 5.57 Å². The van der Waals surface area contributed by atoms with Gasteiger partial charge in [-0.05, 0) is 25.0 Å². The lowest BCUT2D eigenvalue weighted by molar-refractivity contribution is 0.598. The van der Waals surface area contributed by atoms with Crippen LogP contribution < -0.4 is 0 Å². The van der Waals surface area contributed by atoms with Gasteiger partial charge in [0.1, 0.15) is 0 Å². The van der Waals surface area contributed by atoms with E-state index in [0.717, 1.165) is 25.7 Å². The van der Waals surface area contributed by atoms with E-state index in [1.165, 1.54) is 0 Å². The van der Waals surface area contributed by atoms with Crippen molar-refractivity contribution in [1.29, 1.82) is 5.26 Å². The molecule has 19 heavy (non-hydrogen) atoms. The summed E-state index contributed by atoms with van der Waals surface area (Å²) in [4.78, 5) is 0.268. The van der Waals surface area contributed by atoms with Crippen LogP contribution in [0.3, 0.4) is 0 Å². The van der Waals surface area contributed by atoms with Gasteiger partial charge in [-0.15, -0.1) is 0 Å². The van der Waals surface area contributed by atoms with Crippen LogP contribution in [0.1, 0.15) is 32.6 Å². The van der Waals surface area contributed by atoms with Crippen molar-refractivity contribution in [1.82, 2.24) is 0 Å². The van der Waals surface area contributed by atoms with Crippen LogP contribution in [0.25, 0.3) is 0 Å². The quantitative estimate of drug-likeness (QED) is 0.566. The van der Waals surface area contributed by atoms with Crippen LogP contribution in [0, 0.1) is 11.3 Å². The number of nitriles is 1. The minimum Gasteiger partial charge on any atom is -0.223 e. The Labute approximate surface area is 115 Å². The zero-order chi connectivity index (χ0) is 14.1. The van der Waals surface area contributed by atoms with Crippen molar-refractivity contribution >= 4 is 9.84 Å². The number of hydrogen-bond donors (Lipinski definition) is 0. The summed E-state index contributed by atoms with van der Waals surface area (Å²) in [7, 11) is -3.41. The van der Waals surface area contributed by atoms with Crippen molar-refractivity contribution in [3.8, 4) is 6.07 Å². The Bertz CT molecular complexity index is 554. The van der Waals surface area contributed by atoms with E-state index in [9.17, 15) is 8.42 Å². The third-order valence-electron chi connectivity index (χ3n) is 2.79. The summed E-state index contributed by atoms with van der Waals surface area (Å²) in [5.74, 6) is -0.209. The molecule has 0 bridgehead atoms. The molecule has 0 aliphatic heterocycles. The lowest BCUT2D eigenvalue weighted by Gasteiger charge is -2.03. The van der Waals surface area contributed by atoms with Crippen LogP contribution in [0.15, 0.2) is 46.9 Å². The Morgan fingerprint density at radius 1 is 1.26 bits per heavy atom. The predicted molar refractivity (Wildman–Crippen MR) is 76.3 cm³/mol. The van der Waals surface area contributed by atoms with Gasteiger partial charge < -0.3 is 0 Å². The molecule has 0 amide bonds. The minimum atomic E-state index is -3.41. The molecule has 0 saturated heterocycles. The Hall–Kier alpha value is -1.60. The first-order valence-electron chi connectivity index (χ1n) is 6.47. The molecule has 0 saturated carbocycles. The van der Waals surface area contributed by atoms with Crippen molar-refractivity contribution in [3.63, 3.8) is 0 Å². The first-order chi connectivity index (χ1) is 9.10. The maximum atomic E-state index is 12.1. The second kappa shape index (κ2) is 7.75. The van der Waals surface area contributed by atoms with E-state index < -0.39 is 9.84 Å². The summed E-state index contributed by atoms with van der Waals surface area (Å²) >= 11 is 0. The van der Waals surface area contributed by atoms with Crippen molar-refractivity contribution in [2.75, 3.05) is 5.75 Å². The van der Waals surface area contributed by atoms with Gasteiger partial charge in [-0.3, -0.25) is 0 Å². The van der Waals surface area contributed by atoms with E-state index in [1.54, 1.807) is 36.4 Å². The lowest BCUT2D eigenvalue weighted by Crippen LogP contribution is -2.08. The fourth-order valence-corrected chi connectivity index (χ4v) is 3.05. The van der Waals surface area contributed by atoms with E-state index in [0.29, 0.717) is 5.57 Å². The molecule has 0 fully saturated rings. The molecule has 102 valence electrons. The molecule has 1 aromatic carbocycles. The monoisotopic (exact) mass is 277 g/mol. The standard InChI is InChI=1S/C15H19NO2S/c1-2-3-4-6-9-14(12-16)13-19(17,18)15-10-7-5-8-11-15/h5,7-11H,2-4,6,13H2,1H3. The second-order valence-electron chi connectivity index (χ2n) is 4.41. The minimum absolute atomic E-state index is 0.209. The summed E-state index contributed by atoms with van der Waals surface area (Å²) in [6.45, 7) is 2.11. The van der Waals surface area contributed by atoms with Gasteiger partial charge in [-0.25, -0.2) is 8.42 Å². The molecular formula is C15H19NO2S. The average molecular weight is 277 g/mol. The van der Waals surface area contributed by atoms with E-state index >= 15 is 0 Å². The highest BCUT2D eigenvalue weighted by atomic mass is 32.2. The van der Waals surface area contributed by atoms with Crippen molar-refractivity contribution in [3.05, 3.63) is 42.0 Å². The summed E-state index contributed by atoms with van der Waals surface area (Å²) in [6.07, 6.45) is 5.71. The highest BCUT2D eigenvalue weighted by Crippen LogP contribution is 2.14. The smallest absolute Gasteiger partial charge is 0.183 e. The van der Waals surface area contributed by atoms with Crippen LogP contribution in [-0.2, 0) is 9.84 Å². The number of nitrogens with zero attached hydrogens (tertiary/aromatic N) is 1. The van der Waals surface area contributed by atoms with Crippen molar-refractivity contribution < 1.29 is 8.42 Å². The normalized spacial score (nSPS) is 12.1. The molecule has 0 spiro atoms. The van der Waals surface area contributed by atoms with Gasteiger partial charge in [0.05, 0.1) is 16.7 Å². The summed E-state index contributed by atoms with van der Waals surface area (Å²) in [5, 5.41) is 9.01. The van der Waals surface area contributed by atoms with E-state index in [1.807, 2.05) is 6.07 Å². The van der Waals surface area contributed by atoms with Gasteiger partial charge in [0.25, 0.3) is 0 Å². The molecule has 0 aliphatic carbocycles. The van der Waals surface area contributed by atoms with Gasteiger partial charge in [-0.1, -0.05) is 44.0 Å². The number of sulfone groups is 1. The zero-order valence-corrected chi connectivity index (χ0v) is 12.0. The third-order valence-corrected chi connectivity index (χ3v) is 4.47. The predicted octanol–water partition coefficient (Wildman–Crippen LogP) is 3.49. The van der Waals surface area contributed by atoms with Gasteiger partial charge >= 0.3 is 0 Å². The van der Waals surface area contributed by atoms with Crippen molar-refractivity contribution in [2.24, 2.45) is 0 Å². The molecule has 0 unspecified atom stereocenters. The van der Waals surface area contributed by atoms with Crippen LogP contribution >= 0.6 is 0 Å². The van der Waals surface area contributed by atoms with Crippen molar-refractivity contribution in [2.45, 2.75) is 37.5 Å². The molecule has 0 heterocycles. The van der Waals surface area contributed by atoms with Gasteiger partial charge in [-0.2, -0.15) is 5.26 Å². The van der Waals surface area contributed by atoms with E-state index in [4.69, 9.17) is 5.26 Å². The molecule has 0 aliphatic rings. The first kappa shape index (κ1) is 15.5. The maximum absolute atomic E-state index is 12.1. The fraction of sp³-hybridized carbons (Fsp3) is 0.400. The molecule has 1 aromatic rings. The second-order valence-corrected chi connectivity index (χ2v) is 6.40. The lowest BCUT2D eigenvalue weighted by atomic mass is 10.1. The summed E-state index contributed by atoms with van der Waals surface area (Å²) in [5.41, 5.74) is 0.333. The van der Waals surface area contributed by atoms with E-state index in [2.05, 4.69) is 6.92 Å².